The molecule has 0 bridgehead atoms. The summed E-state index contributed by atoms with van der Waals surface area (Å²) < 4.78 is 12.3. The first-order valence-corrected chi connectivity index (χ1v) is 5.48. The second-order valence-electron chi connectivity index (χ2n) is 2.40. The Morgan fingerprint density at radius 2 is 2.50 bits per heavy atom. The second kappa shape index (κ2) is 3.91. The van der Waals surface area contributed by atoms with E-state index in [0.29, 0.717) is 23.1 Å². The molecule has 1 aromatic rings. The molecule has 1 atom stereocenters. The fraction of sp³-hybridized carbons (Fsp3) is 0.500. The normalized spacial score (nSPS) is 13.2. The van der Waals surface area contributed by atoms with Crippen molar-refractivity contribution in [2.24, 2.45) is 0 Å². The smallest absolute Gasteiger partial charge is 0.164 e. The van der Waals surface area contributed by atoms with Gasteiger partial charge >= 0.3 is 0 Å². The van der Waals surface area contributed by atoms with Gasteiger partial charge < -0.3 is 5.73 Å². The predicted octanol–water partition coefficient (Wildman–Crippen LogP) is 0.497. The number of rotatable bonds is 3. The maximum Gasteiger partial charge on any atom is 0.164 e. The van der Waals surface area contributed by atoms with E-state index in [9.17, 15) is 4.21 Å². The summed E-state index contributed by atoms with van der Waals surface area (Å²) in [6, 6.07) is 0. The van der Waals surface area contributed by atoms with Crippen LogP contribution in [-0.4, -0.2) is 26.0 Å². The van der Waals surface area contributed by atoms with Gasteiger partial charge in [0.2, 0.25) is 0 Å². The van der Waals surface area contributed by atoms with Crippen molar-refractivity contribution in [1.29, 1.82) is 0 Å². The van der Waals surface area contributed by atoms with E-state index in [1.54, 1.807) is 17.1 Å². The molecule has 0 aliphatic carbocycles. The van der Waals surface area contributed by atoms with Gasteiger partial charge in [0, 0.05) is 29.0 Å². The van der Waals surface area contributed by atoms with Gasteiger partial charge in [-0.15, -0.1) is 0 Å². The summed E-state index contributed by atoms with van der Waals surface area (Å²) >= 11 is 5.66. The van der Waals surface area contributed by atoms with Crippen LogP contribution in [0.25, 0.3) is 0 Å². The second-order valence-corrected chi connectivity index (χ2v) is 4.36. The van der Waals surface area contributed by atoms with Gasteiger partial charge in [0.05, 0.1) is 6.54 Å². The van der Waals surface area contributed by atoms with Crippen molar-refractivity contribution in [1.82, 2.24) is 9.78 Å². The van der Waals surface area contributed by atoms with Gasteiger partial charge in [-0.1, -0.05) is 11.6 Å². The Morgan fingerprint density at radius 3 is 2.92 bits per heavy atom. The van der Waals surface area contributed by atoms with Crippen LogP contribution in [0.15, 0.2) is 6.20 Å². The summed E-state index contributed by atoms with van der Waals surface area (Å²) in [5.74, 6) is 0.885. The molecule has 68 valence electrons. The lowest BCUT2D eigenvalue weighted by atomic mass is 10.6. The van der Waals surface area contributed by atoms with Crippen molar-refractivity contribution < 1.29 is 4.21 Å². The molecule has 0 saturated carbocycles. The molecule has 2 N–H and O–H groups in total. The molecule has 4 nitrogen and oxygen atoms in total. The van der Waals surface area contributed by atoms with Crippen LogP contribution in [0.5, 0.6) is 0 Å². The lowest BCUT2D eigenvalue weighted by Gasteiger charge is -1.96. The zero-order valence-corrected chi connectivity index (χ0v) is 8.23. The number of hydrogen-bond acceptors (Lipinski definition) is 3. The lowest BCUT2D eigenvalue weighted by Crippen LogP contribution is -2.07. The Hall–Kier alpha value is -0.550. The van der Waals surface area contributed by atoms with Crippen LogP contribution in [0.4, 0.5) is 5.82 Å². The number of nitrogens with two attached hydrogens (primary N) is 1. The molecule has 0 saturated heterocycles. The average Bonchev–Trinajstić information content (AvgIpc) is 2.28. The molecule has 0 spiro atoms. The minimum Gasteiger partial charge on any atom is -0.381 e. The van der Waals surface area contributed by atoms with E-state index in [1.807, 2.05) is 0 Å². The van der Waals surface area contributed by atoms with Crippen LogP contribution in [0.1, 0.15) is 0 Å². The first-order valence-electron chi connectivity index (χ1n) is 3.38. The highest BCUT2D eigenvalue weighted by Gasteiger charge is 2.02. The highest BCUT2D eigenvalue weighted by molar-refractivity contribution is 7.84. The molecule has 0 aromatic carbocycles. The molecule has 1 aromatic heterocycles. The monoisotopic (exact) mass is 207 g/mol. The van der Waals surface area contributed by atoms with Crippen LogP contribution in [0.2, 0.25) is 5.02 Å². The van der Waals surface area contributed by atoms with Gasteiger partial charge in [0.15, 0.2) is 5.82 Å². The van der Waals surface area contributed by atoms with Crippen LogP contribution >= 0.6 is 11.6 Å². The molecule has 0 fully saturated rings. The zero-order valence-electron chi connectivity index (χ0n) is 6.66. The molecule has 6 heteroatoms. The molecule has 12 heavy (non-hydrogen) atoms. The van der Waals surface area contributed by atoms with Crippen LogP contribution in [0, 0.1) is 0 Å². The molecule has 1 rings (SSSR count). The Bertz CT molecular complexity index is 279. The molecule has 0 aliphatic rings. The summed E-state index contributed by atoms with van der Waals surface area (Å²) in [5.41, 5.74) is 5.41. The number of nitrogens with zero attached hydrogens (tertiary/aromatic N) is 2. The van der Waals surface area contributed by atoms with Crippen molar-refractivity contribution in [2.45, 2.75) is 6.54 Å². The molecule has 0 amide bonds. The molecule has 1 heterocycles. The Balaban J connectivity index is 2.58. The summed E-state index contributed by atoms with van der Waals surface area (Å²) in [6.07, 6.45) is 3.28. The number of aryl methyl sites for hydroxylation is 1. The van der Waals surface area contributed by atoms with E-state index < -0.39 is 10.8 Å². The maximum atomic E-state index is 10.7. The van der Waals surface area contributed by atoms with Crippen molar-refractivity contribution in [3.63, 3.8) is 0 Å². The lowest BCUT2D eigenvalue weighted by molar-refractivity contribution is 0.648. The Kier molecular flexibility index (Phi) is 3.11. The van der Waals surface area contributed by atoms with Gasteiger partial charge in [-0.05, 0) is 0 Å². The fourth-order valence-electron chi connectivity index (χ4n) is 0.749. The summed E-state index contributed by atoms with van der Waals surface area (Å²) in [5, 5.41) is 4.35. The SMILES string of the molecule is CS(=O)CCn1cc(Cl)c(N)n1. The maximum absolute atomic E-state index is 10.7. The van der Waals surface area contributed by atoms with E-state index in [1.165, 1.54) is 0 Å². The largest absolute Gasteiger partial charge is 0.381 e. The fourth-order valence-corrected chi connectivity index (χ4v) is 1.34. The summed E-state index contributed by atoms with van der Waals surface area (Å²) in [4.78, 5) is 0. The van der Waals surface area contributed by atoms with Crippen LogP contribution < -0.4 is 5.73 Å². The van der Waals surface area contributed by atoms with E-state index in [0.717, 1.165) is 0 Å². The van der Waals surface area contributed by atoms with Gasteiger partial charge in [-0.3, -0.25) is 8.89 Å². The highest BCUT2D eigenvalue weighted by atomic mass is 35.5. The number of nitrogen functional groups attached to an aromatic ring is 1. The first kappa shape index (κ1) is 9.54. The van der Waals surface area contributed by atoms with Crippen LogP contribution in [0.3, 0.4) is 0 Å². The van der Waals surface area contributed by atoms with Crippen molar-refractivity contribution in [3.05, 3.63) is 11.2 Å². The quantitative estimate of drug-likeness (QED) is 0.785. The van der Waals surface area contributed by atoms with E-state index in [-0.39, 0.29) is 0 Å². The minimum absolute atomic E-state index is 0.318. The number of hydrogen-bond donors (Lipinski definition) is 1. The van der Waals surface area contributed by atoms with Gasteiger partial charge in [0.1, 0.15) is 5.02 Å². The average molecular weight is 208 g/mol. The van der Waals surface area contributed by atoms with E-state index >= 15 is 0 Å². The summed E-state index contributed by atoms with van der Waals surface area (Å²) in [6.45, 7) is 0.583. The van der Waals surface area contributed by atoms with Gasteiger partial charge in [-0.2, -0.15) is 5.10 Å². The third-order valence-corrected chi connectivity index (χ3v) is 2.40. The molecular formula is C6H10ClN3OS. The topological polar surface area (TPSA) is 60.9 Å². The third kappa shape index (κ3) is 2.49. The van der Waals surface area contributed by atoms with Gasteiger partial charge in [-0.25, -0.2) is 0 Å². The molecule has 1 unspecified atom stereocenters. The number of aromatic nitrogens is 2. The predicted molar refractivity (Wildman–Crippen MR) is 50.6 cm³/mol. The zero-order chi connectivity index (χ0) is 9.14. The third-order valence-electron chi connectivity index (χ3n) is 1.35. The highest BCUT2D eigenvalue weighted by Crippen LogP contribution is 2.14. The number of halogens is 1. The Morgan fingerprint density at radius 1 is 1.83 bits per heavy atom. The summed E-state index contributed by atoms with van der Waals surface area (Å²) in [7, 11) is -0.808. The van der Waals surface area contributed by atoms with E-state index in [2.05, 4.69) is 5.10 Å². The van der Waals surface area contributed by atoms with Crippen molar-refractivity contribution >= 4 is 28.2 Å². The molecule has 0 aliphatic heterocycles. The van der Waals surface area contributed by atoms with Crippen molar-refractivity contribution in [3.8, 4) is 0 Å². The minimum atomic E-state index is -0.808. The van der Waals surface area contributed by atoms with E-state index in [4.69, 9.17) is 17.3 Å². The van der Waals surface area contributed by atoms with Crippen LogP contribution in [-0.2, 0) is 17.3 Å². The Labute approximate surface area is 78.2 Å². The number of anilines is 1. The molecular weight excluding hydrogens is 198 g/mol. The first-order chi connectivity index (χ1) is 5.59. The van der Waals surface area contributed by atoms with Crippen molar-refractivity contribution in [2.75, 3.05) is 17.7 Å². The van der Waals surface area contributed by atoms with Gasteiger partial charge in [0.25, 0.3) is 0 Å². The molecule has 0 radical (unpaired) electrons. The standard InChI is InChI=1S/C6H10ClN3OS/c1-12(11)3-2-10-4-5(7)6(8)9-10/h4H,2-3H2,1H3,(H2,8,9).